The van der Waals surface area contributed by atoms with E-state index in [9.17, 15) is 8.78 Å². The smallest absolute Gasteiger partial charge is 0.185 e. The van der Waals surface area contributed by atoms with Crippen molar-refractivity contribution in [2.24, 2.45) is 5.92 Å². The Hall–Kier alpha value is -1.78. The van der Waals surface area contributed by atoms with Gasteiger partial charge in [0.15, 0.2) is 24.0 Å². The summed E-state index contributed by atoms with van der Waals surface area (Å²) >= 11 is 0. The molecule has 1 saturated carbocycles. The van der Waals surface area contributed by atoms with Gasteiger partial charge in [0.1, 0.15) is 0 Å². The number of benzene rings is 1. The molecule has 4 rings (SSSR count). The normalized spacial score (nSPS) is 26.5. The fraction of sp³-hybridized carbons (Fsp3) is 0.467. The molecule has 0 spiro atoms. The average Bonchev–Trinajstić information content (AvgIpc) is 3.15. The molecule has 1 aliphatic carbocycles. The monoisotopic (exact) mass is 275 g/mol. The summed E-state index contributed by atoms with van der Waals surface area (Å²) in [4.78, 5) is 4.11. The molecular formula is C15H15F2N3. The molecule has 0 saturated heterocycles. The molecule has 3 atom stereocenters. The largest absolute Gasteiger partial charge is 0.239 e. The van der Waals surface area contributed by atoms with Gasteiger partial charge in [0.05, 0.1) is 6.04 Å². The van der Waals surface area contributed by atoms with Crippen LogP contribution in [0.25, 0.3) is 0 Å². The first-order chi connectivity index (χ1) is 9.74. The second kappa shape index (κ2) is 4.36. The summed E-state index contributed by atoms with van der Waals surface area (Å²) < 4.78 is 29.7. The summed E-state index contributed by atoms with van der Waals surface area (Å²) in [6.45, 7) is 0. The lowest BCUT2D eigenvalue weighted by molar-refractivity contribution is 0.283. The zero-order chi connectivity index (χ0) is 13.7. The third kappa shape index (κ3) is 1.84. The number of hydrogen-bond acceptors (Lipinski definition) is 2. The number of alkyl halides is 2. The second-order valence-electron chi connectivity index (χ2n) is 5.64. The van der Waals surface area contributed by atoms with E-state index in [1.165, 1.54) is 0 Å². The van der Waals surface area contributed by atoms with Crippen molar-refractivity contribution in [1.82, 2.24) is 14.8 Å². The van der Waals surface area contributed by atoms with Gasteiger partial charge in [0, 0.05) is 6.42 Å². The number of fused-ring (bicyclic) bond motifs is 1. The van der Waals surface area contributed by atoms with Crippen molar-refractivity contribution in [3.8, 4) is 0 Å². The Labute approximate surface area is 115 Å². The van der Waals surface area contributed by atoms with Crippen LogP contribution in [0.5, 0.6) is 0 Å². The topological polar surface area (TPSA) is 30.7 Å². The lowest BCUT2D eigenvalue weighted by Gasteiger charge is -2.11. The summed E-state index contributed by atoms with van der Waals surface area (Å²) in [6, 6.07) is 9.47. The predicted molar refractivity (Wildman–Crippen MR) is 69.6 cm³/mol. The number of rotatable bonds is 3. The summed E-state index contributed by atoms with van der Waals surface area (Å²) in [6.07, 6.45) is -0.206. The molecule has 0 N–H and O–H groups in total. The molecule has 20 heavy (non-hydrogen) atoms. The highest BCUT2D eigenvalue weighted by Gasteiger charge is 2.40. The van der Waals surface area contributed by atoms with Gasteiger partial charge in [-0.3, -0.25) is 0 Å². The van der Waals surface area contributed by atoms with Gasteiger partial charge in [-0.25, -0.2) is 18.4 Å². The highest BCUT2D eigenvalue weighted by atomic mass is 19.1. The molecule has 1 aromatic carbocycles. The molecule has 1 fully saturated rings. The summed E-state index contributed by atoms with van der Waals surface area (Å²) in [7, 11) is 0. The molecule has 2 heterocycles. The first-order valence-electron chi connectivity index (χ1n) is 7.03. The lowest BCUT2D eigenvalue weighted by Crippen LogP contribution is -2.08. The van der Waals surface area contributed by atoms with Crippen LogP contribution in [-0.2, 0) is 0 Å². The van der Waals surface area contributed by atoms with Gasteiger partial charge in [0.2, 0.25) is 0 Å². The molecule has 0 amide bonds. The minimum atomic E-state index is -1.16. The Kier molecular flexibility index (Phi) is 2.62. The minimum absolute atomic E-state index is 0.0337. The quantitative estimate of drug-likeness (QED) is 0.855. The maximum absolute atomic E-state index is 14.1. The van der Waals surface area contributed by atoms with E-state index in [0.29, 0.717) is 6.42 Å². The summed E-state index contributed by atoms with van der Waals surface area (Å²) in [5.74, 6) is 0.467. The van der Waals surface area contributed by atoms with E-state index in [-0.39, 0.29) is 23.6 Å². The van der Waals surface area contributed by atoms with Crippen LogP contribution in [-0.4, -0.2) is 14.8 Å². The van der Waals surface area contributed by atoms with Gasteiger partial charge in [-0.2, -0.15) is 5.10 Å². The fourth-order valence-electron chi connectivity index (χ4n) is 2.87. The van der Waals surface area contributed by atoms with Crippen molar-refractivity contribution in [2.45, 2.75) is 37.6 Å². The van der Waals surface area contributed by atoms with Crippen LogP contribution in [0.2, 0.25) is 0 Å². The fourth-order valence-corrected chi connectivity index (χ4v) is 2.87. The van der Waals surface area contributed by atoms with Crippen molar-refractivity contribution >= 4 is 0 Å². The third-order valence-electron chi connectivity index (χ3n) is 4.15. The third-order valence-corrected chi connectivity index (χ3v) is 4.15. The highest BCUT2D eigenvalue weighted by Crippen LogP contribution is 2.45. The van der Waals surface area contributed by atoms with Crippen LogP contribution in [0.3, 0.4) is 0 Å². The molecule has 1 aromatic heterocycles. The van der Waals surface area contributed by atoms with Crippen molar-refractivity contribution < 1.29 is 8.78 Å². The van der Waals surface area contributed by atoms with Crippen LogP contribution in [0.1, 0.15) is 54.9 Å². The summed E-state index contributed by atoms with van der Waals surface area (Å²) in [5.41, 5.74) is 0.993. The SMILES string of the molecule is F[C@H](c1nc2n(n1)[C@H](c1ccccc1)C[C@@H]2F)C1CC1. The van der Waals surface area contributed by atoms with Crippen molar-refractivity contribution in [1.29, 1.82) is 0 Å². The molecule has 5 heteroatoms. The van der Waals surface area contributed by atoms with E-state index >= 15 is 0 Å². The van der Waals surface area contributed by atoms with Gasteiger partial charge in [-0.05, 0) is 24.3 Å². The Morgan fingerprint density at radius 1 is 1.20 bits per heavy atom. The van der Waals surface area contributed by atoms with E-state index in [0.717, 1.165) is 18.4 Å². The molecule has 1 aliphatic heterocycles. The van der Waals surface area contributed by atoms with E-state index < -0.39 is 12.3 Å². The number of hydrogen-bond donors (Lipinski definition) is 0. The van der Waals surface area contributed by atoms with Crippen LogP contribution in [0.4, 0.5) is 8.78 Å². The van der Waals surface area contributed by atoms with Crippen LogP contribution in [0, 0.1) is 5.92 Å². The van der Waals surface area contributed by atoms with Gasteiger partial charge in [-0.1, -0.05) is 30.3 Å². The molecule has 3 nitrogen and oxygen atoms in total. The zero-order valence-corrected chi connectivity index (χ0v) is 10.9. The van der Waals surface area contributed by atoms with Gasteiger partial charge in [0.25, 0.3) is 0 Å². The summed E-state index contributed by atoms with van der Waals surface area (Å²) in [5, 5.41) is 4.25. The number of halogens is 2. The lowest BCUT2D eigenvalue weighted by atomic mass is 10.0. The van der Waals surface area contributed by atoms with E-state index in [1.54, 1.807) is 4.68 Å². The van der Waals surface area contributed by atoms with E-state index in [2.05, 4.69) is 10.1 Å². The first kappa shape index (κ1) is 12.0. The van der Waals surface area contributed by atoms with Crippen molar-refractivity contribution in [2.75, 3.05) is 0 Å². The molecule has 0 radical (unpaired) electrons. The second-order valence-corrected chi connectivity index (χ2v) is 5.64. The number of aromatic nitrogens is 3. The average molecular weight is 275 g/mol. The minimum Gasteiger partial charge on any atom is -0.239 e. The van der Waals surface area contributed by atoms with Crippen LogP contribution in [0.15, 0.2) is 30.3 Å². The van der Waals surface area contributed by atoms with Crippen LogP contribution < -0.4 is 0 Å². The van der Waals surface area contributed by atoms with E-state index in [4.69, 9.17) is 0 Å². The maximum Gasteiger partial charge on any atom is 0.185 e. The number of nitrogens with zero attached hydrogens (tertiary/aromatic N) is 3. The van der Waals surface area contributed by atoms with Crippen molar-refractivity contribution in [3.05, 3.63) is 47.5 Å². The Balaban J connectivity index is 1.71. The Morgan fingerprint density at radius 3 is 2.65 bits per heavy atom. The first-order valence-corrected chi connectivity index (χ1v) is 7.03. The molecular weight excluding hydrogens is 260 g/mol. The highest BCUT2D eigenvalue weighted by molar-refractivity contribution is 5.23. The Morgan fingerprint density at radius 2 is 1.95 bits per heavy atom. The van der Waals surface area contributed by atoms with Crippen molar-refractivity contribution in [3.63, 3.8) is 0 Å². The standard InChI is InChI=1S/C15H15F2N3/c16-11-8-12(9-4-2-1-3-5-9)20-15(11)18-14(19-20)13(17)10-6-7-10/h1-5,10-13H,6-8H2/t11-,12-,13-/m0/s1. The van der Waals surface area contributed by atoms with Gasteiger partial charge in [-0.15, -0.1) is 0 Å². The molecule has 2 aliphatic rings. The van der Waals surface area contributed by atoms with Gasteiger partial charge < -0.3 is 0 Å². The van der Waals surface area contributed by atoms with E-state index in [1.807, 2.05) is 30.3 Å². The zero-order valence-electron chi connectivity index (χ0n) is 10.9. The van der Waals surface area contributed by atoms with Gasteiger partial charge >= 0.3 is 0 Å². The molecule has 0 unspecified atom stereocenters. The van der Waals surface area contributed by atoms with Crippen LogP contribution >= 0.6 is 0 Å². The molecule has 0 bridgehead atoms. The molecule has 2 aromatic rings. The Bertz CT molecular complexity index is 621. The maximum atomic E-state index is 14.1. The molecule has 104 valence electrons. The predicted octanol–water partition coefficient (Wildman–Crippen LogP) is 3.70.